The van der Waals surface area contributed by atoms with E-state index < -0.39 is 22.5 Å². The first-order chi connectivity index (χ1) is 15.7. The van der Waals surface area contributed by atoms with Crippen LogP contribution in [0.4, 0.5) is 5.69 Å². The average Bonchev–Trinajstić information content (AvgIpc) is 2.81. The van der Waals surface area contributed by atoms with E-state index in [9.17, 15) is 13.2 Å². The van der Waals surface area contributed by atoms with Gasteiger partial charge in [0.1, 0.15) is 0 Å². The number of hydrogen-bond acceptors (Lipinski definition) is 5. The van der Waals surface area contributed by atoms with Crippen LogP contribution in [0, 0.1) is 6.92 Å². The molecule has 0 aliphatic carbocycles. The summed E-state index contributed by atoms with van der Waals surface area (Å²) in [5, 5.41) is 3.23. The van der Waals surface area contributed by atoms with Gasteiger partial charge in [0.25, 0.3) is 0 Å². The van der Waals surface area contributed by atoms with E-state index in [1.165, 1.54) is 32.4 Å². The van der Waals surface area contributed by atoms with E-state index >= 15 is 0 Å². The van der Waals surface area contributed by atoms with Crippen molar-refractivity contribution in [2.45, 2.75) is 18.4 Å². The van der Waals surface area contributed by atoms with E-state index in [0.29, 0.717) is 16.5 Å². The number of benzene rings is 3. The lowest BCUT2D eigenvalue weighted by atomic mass is 10.2. The molecule has 3 rings (SSSR count). The molecule has 1 N–H and O–H groups in total. The number of anilines is 1. The van der Waals surface area contributed by atoms with Crippen LogP contribution in [0.3, 0.4) is 0 Å². The van der Waals surface area contributed by atoms with Crippen LogP contribution >= 0.6 is 11.6 Å². The molecule has 3 aromatic rings. The van der Waals surface area contributed by atoms with Gasteiger partial charge < -0.3 is 14.8 Å². The number of rotatable bonds is 9. The van der Waals surface area contributed by atoms with Gasteiger partial charge in [0.05, 0.1) is 25.7 Å². The largest absolute Gasteiger partial charge is 0.493 e. The first-order valence-corrected chi connectivity index (χ1v) is 11.9. The van der Waals surface area contributed by atoms with Crippen molar-refractivity contribution in [1.82, 2.24) is 4.31 Å². The molecule has 0 fully saturated rings. The zero-order valence-electron chi connectivity index (χ0n) is 18.5. The monoisotopic (exact) mass is 488 g/mol. The number of amides is 1. The van der Waals surface area contributed by atoms with Crippen molar-refractivity contribution < 1.29 is 22.7 Å². The summed E-state index contributed by atoms with van der Waals surface area (Å²) < 4.78 is 38.7. The maximum atomic E-state index is 13.5. The molecule has 7 nitrogen and oxygen atoms in total. The minimum Gasteiger partial charge on any atom is -0.493 e. The number of sulfonamides is 1. The minimum absolute atomic E-state index is 0.0113. The predicted molar refractivity (Wildman–Crippen MR) is 128 cm³/mol. The Labute approximate surface area is 198 Å². The van der Waals surface area contributed by atoms with Crippen molar-refractivity contribution in [3.05, 3.63) is 82.9 Å². The number of carbonyl (C=O) groups excluding carboxylic acids is 1. The zero-order chi connectivity index (χ0) is 24.0. The number of halogens is 1. The molecule has 0 radical (unpaired) electrons. The zero-order valence-corrected chi connectivity index (χ0v) is 20.1. The Balaban J connectivity index is 1.93. The number of nitrogens with one attached hydrogen (secondary N) is 1. The first kappa shape index (κ1) is 24.6. The molecule has 0 saturated carbocycles. The molecule has 1 amide bonds. The lowest BCUT2D eigenvalue weighted by Gasteiger charge is -2.23. The van der Waals surface area contributed by atoms with Gasteiger partial charge in [-0.1, -0.05) is 48.0 Å². The highest BCUT2D eigenvalue weighted by atomic mass is 35.5. The van der Waals surface area contributed by atoms with Crippen molar-refractivity contribution >= 4 is 33.2 Å². The average molecular weight is 489 g/mol. The second-order valence-electron chi connectivity index (χ2n) is 7.28. The van der Waals surface area contributed by atoms with E-state index in [4.69, 9.17) is 21.1 Å². The second-order valence-corrected chi connectivity index (χ2v) is 9.66. The van der Waals surface area contributed by atoms with E-state index in [1.807, 2.05) is 25.1 Å². The molecule has 0 aromatic heterocycles. The van der Waals surface area contributed by atoms with Gasteiger partial charge in [0, 0.05) is 23.3 Å². The summed E-state index contributed by atoms with van der Waals surface area (Å²) in [6.07, 6.45) is 0. The van der Waals surface area contributed by atoms with Gasteiger partial charge in [0.15, 0.2) is 11.5 Å². The van der Waals surface area contributed by atoms with Gasteiger partial charge in [-0.3, -0.25) is 4.79 Å². The van der Waals surface area contributed by atoms with E-state index in [0.717, 1.165) is 15.4 Å². The van der Waals surface area contributed by atoms with Crippen LogP contribution in [-0.2, 0) is 21.4 Å². The van der Waals surface area contributed by atoms with Crippen molar-refractivity contribution in [1.29, 1.82) is 0 Å². The quantitative estimate of drug-likeness (QED) is 0.479. The molecule has 0 unspecified atom stereocenters. The van der Waals surface area contributed by atoms with Crippen LogP contribution in [0.25, 0.3) is 0 Å². The summed E-state index contributed by atoms with van der Waals surface area (Å²) in [7, 11) is -1.16. The van der Waals surface area contributed by atoms with Crippen LogP contribution in [0.5, 0.6) is 11.5 Å². The fourth-order valence-electron chi connectivity index (χ4n) is 3.22. The van der Waals surface area contributed by atoms with Crippen molar-refractivity contribution in [2.24, 2.45) is 0 Å². The van der Waals surface area contributed by atoms with Crippen molar-refractivity contribution in [2.75, 3.05) is 26.1 Å². The van der Waals surface area contributed by atoms with Crippen LogP contribution in [0.1, 0.15) is 11.1 Å². The molecule has 33 heavy (non-hydrogen) atoms. The summed E-state index contributed by atoms with van der Waals surface area (Å²) in [5.74, 6) is 0.192. The highest BCUT2D eigenvalue weighted by Gasteiger charge is 2.28. The molecular formula is C24H25ClN2O5S. The maximum Gasteiger partial charge on any atom is 0.243 e. The normalized spacial score (nSPS) is 11.3. The molecule has 9 heteroatoms. The predicted octanol–water partition coefficient (Wildman–Crippen LogP) is 4.50. The molecule has 174 valence electrons. The Morgan fingerprint density at radius 1 is 0.970 bits per heavy atom. The van der Waals surface area contributed by atoms with Gasteiger partial charge in [-0.15, -0.1) is 0 Å². The van der Waals surface area contributed by atoms with Crippen molar-refractivity contribution in [3.8, 4) is 11.5 Å². The van der Waals surface area contributed by atoms with Gasteiger partial charge in [-0.05, 0) is 42.3 Å². The molecular weight excluding hydrogens is 464 g/mol. The number of aryl methyl sites for hydroxylation is 1. The maximum absolute atomic E-state index is 13.5. The topological polar surface area (TPSA) is 84.9 Å². The molecule has 0 aliphatic rings. The minimum atomic E-state index is -4.05. The van der Waals surface area contributed by atoms with Gasteiger partial charge in [0.2, 0.25) is 15.9 Å². The van der Waals surface area contributed by atoms with Crippen LogP contribution in [-0.4, -0.2) is 39.4 Å². The van der Waals surface area contributed by atoms with Crippen molar-refractivity contribution in [3.63, 3.8) is 0 Å². The number of carbonyl (C=O) groups is 1. The highest BCUT2D eigenvalue weighted by Crippen LogP contribution is 2.31. The Bertz CT molecular complexity index is 1230. The lowest BCUT2D eigenvalue weighted by molar-refractivity contribution is -0.116. The number of methoxy groups -OCH3 is 2. The van der Waals surface area contributed by atoms with Crippen LogP contribution in [0.2, 0.25) is 5.02 Å². The molecule has 0 aliphatic heterocycles. The van der Waals surface area contributed by atoms with Crippen LogP contribution in [0.15, 0.2) is 71.6 Å². The van der Waals surface area contributed by atoms with Gasteiger partial charge in [-0.25, -0.2) is 8.42 Å². The van der Waals surface area contributed by atoms with E-state index in [1.54, 1.807) is 30.3 Å². The number of nitrogens with zero attached hydrogens (tertiary/aromatic N) is 1. The fraction of sp³-hybridized carbons (Fsp3) is 0.208. The lowest BCUT2D eigenvalue weighted by Crippen LogP contribution is -2.37. The first-order valence-electron chi connectivity index (χ1n) is 10.1. The Morgan fingerprint density at radius 2 is 1.67 bits per heavy atom. The molecule has 3 aromatic carbocycles. The SMILES string of the molecule is COc1ccc(S(=O)(=O)N(CC(=O)Nc2cc(Cl)ccc2C)Cc2ccccc2)cc1OC. The Morgan fingerprint density at radius 3 is 2.33 bits per heavy atom. The van der Waals surface area contributed by atoms with E-state index in [-0.39, 0.29) is 17.2 Å². The van der Waals surface area contributed by atoms with E-state index in [2.05, 4.69) is 5.32 Å². The third-order valence-corrected chi connectivity index (χ3v) is 7.01. The summed E-state index contributed by atoms with van der Waals surface area (Å²) in [5.41, 5.74) is 2.08. The van der Waals surface area contributed by atoms with Crippen LogP contribution < -0.4 is 14.8 Å². The molecule has 0 saturated heterocycles. The Hall–Kier alpha value is -3.07. The second kappa shape index (κ2) is 10.7. The molecule has 0 spiro atoms. The smallest absolute Gasteiger partial charge is 0.243 e. The number of ether oxygens (including phenoxy) is 2. The number of hydrogen-bond donors (Lipinski definition) is 1. The summed E-state index contributed by atoms with van der Waals surface area (Å²) >= 11 is 6.04. The standard InChI is InChI=1S/C24H25ClN2O5S/c1-17-9-10-19(25)13-21(17)26-24(28)16-27(15-18-7-5-4-6-8-18)33(29,30)20-11-12-22(31-2)23(14-20)32-3/h4-14H,15-16H2,1-3H3,(H,26,28). The van der Waals surface area contributed by atoms with Gasteiger partial charge in [-0.2, -0.15) is 4.31 Å². The molecule has 0 bridgehead atoms. The fourth-order valence-corrected chi connectivity index (χ4v) is 4.79. The summed E-state index contributed by atoms with van der Waals surface area (Å²) in [6.45, 7) is 1.45. The van der Waals surface area contributed by atoms with Gasteiger partial charge >= 0.3 is 0 Å². The summed E-state index contributed by atoms with van der Waals surface area (Å²) in [4.78, 5) is 12.9. The molecule has 0 heterocycles. The highest BCUT2D eigenvalue weighted by molar-refractivity contribution is 7.89. The summed E-state index contributed by atoms with van der Waals surface area (Å²) in [6, 6.07) is 18.5. The molecule has 0 atom stereocenters. The third-order valence-electron chi connectivity index (χ3n) is 4.99. The Kier molecular flexibility index (Phi) is 7.97. The third kappa shape index (κ3) is 6.04.